The van der Waals surface area contributed by atoms with E-state index in [1.807, 2.05) is 0 Å². The summed E-state index contributed by atoms with van der Waals surface area (Å²) in [4.78, 5) is 7.34. The van der Waals surface area contributed by atoms with Gasteiger partial charge in [0.2, 0.25) is 0 Å². The molecule has 0 unspecified atom stereocenters. The molecule has 0 spiro atoms. The van der Waals surface area contributed by atoms with Crippen LogP contribution in [0.25, 0.3) is 0 Å². The Morgan fingerprint density at radius 3 is 1.47 bits per heavy atom. The zero-order valence-corrected chi connectivity index (χ0v) is 34.0. The maximum absolute atomic E-state index is 14.3. The number of aromatic nitrogens is 2. The first-order valence-corrected chi connectivity index (χ1v) is 20.7. The molecule has 10 nitrogen and oxygen atoms in total. The summed E-state index contributed by atoms with van der Waals surface area (Å²) in [5, 5.41) is 1.39. The zero-order chi connectivity index (χ0) is 40.5. The van der Waals surface area contributed by atoms with E-state index in [1.54, 1.807) is 12.1 Å². The predicted molar refractivity (Wildman–Crippen MR) is 213 cm³/mol. The summed E-state index contributed by atoms with van der Waals surface area (Å²) in [6, 6.07) is 18.7. The highest BCUT2D eigenvalue weighted by Crippen LogP contribution is 2.31. The van der Waals surface area contributed by atoms with Gasteiger partial charge in [-0.15, -0.1) is 0 Å². The molecule has 0 fully saturated rings. The lowest BCUT2D eigenvalue weighted by Crippen LogP contribution is -2.13. The van der Waals surface area contributed by atoms with Crippen LogP contribution in [0, 0.1) is 11.6 Å². The Morgan fingerprint density at radius 1 is 0.564 bits per heavy atom. The first-order valence-electron chi connectivity index (χ1n) is 14.6. The normalized spacial score (nSPS) is 11.0. The molecule has 0 radical (unpaired) electrons. The summed E-state index contributed by atoms with van der Waals surface area (Å²) >= 11 is 34.3. The number of halogens is 9. The fourth-order valence-electron chi connectivity index (χ4n) is 3.97. The van der Waals surface area contributed by atoms with Gasteiger partial charge in [-0.3, -0.25) is 14.7 Å². The van der Waals surface area contributed by atoms with Crippen molar-refractivity contribution in [2.75, 3.05) is 10.5 Å². The molecular weight excluding hydrogens is 911 g/mol. The summed E-state index contributed by atoms with van der Waals surface area (Å²) < 4.78 is 87.0. The van der Waals surface area contributed by atoms with E-state index in [-0.39, 0.29) is 42.8 Å². The van der Waals surface area contributed by atoms with Crippen molar-refractivity contribution in [2.24, 2.45) is 0 Å². The van der Waals surface area contributed by atoms with E-state index in [0.29, 0.717) is 31.5 Å². The standard InChI is InChI=1S/C17H10Cl3FN2O3S.C11H8ClFN2O.C6H3Cl3O2S/c18-10-1-4-17(14(20)6-10)27(24,25)23-12-2-3-16(15(21)7-12)26-13-5-11(19)8-22-9-13;12-7-3-9(6-15-5-7)16-11-2-1-8(14)4-10(11)13;7-4-1-2-6(5(8)3-4)12(9,10)11/h1-9,23H;1-6H,14H2;1-3H. The Balaban J connectivity index is 0.000000203. The largest absolute Gasteiger partial charge is 0.453 e. The van der Waals surface area contributed by atoms with Crippen LogP contribution in [0.1, 0.15) is 0 Å². The van der Waals surface area contributed by atoms with Gasteiger partial charge in [0.05, 0.1) is 38.2 Å². The Kier molecular flexibility index (Phi) is 15.4. The van der Waals surface area contributed by atoms with Crippen molar-refractivity contribution in [3.8, 4) is 23.0 Å². The summed E-state index contributed by atoms with van der Waals surface area (Å²) in [5.74, 6) is -0.735. The van der Waals surface area contributed by atoms with Crippen LogP contribution in [0.2, 0.25) is 30.1 Å². The van der Waals surface area contributed by atoms with Gasteiger partial charge in [0.1, 0.15) is 21.3 Å². The molecule has 2 aromatic heterocycles. The topological polar surface area (TPSA) is 151 Å². The molecule has 0 aliphatic heterocycles. The number of hydrogen-bond donors (Lipinski definition) is 2. The van der Waals surface area contributed by atoms with Gasteiger partial charge >= 0.3 is 0 Å². The Morgan fingerprint density at radius 2 is 1.04 bits per heavy atom. The monoisotopic (exact) mass is 928 g/mol. The lowest BCUT2D eigenvalue weighted by atomic mass is 10.3. The van der Waals surface area contributed by atoms with Crippen molar-refractivity contribution >= 4 is 111 Å². The fraction of sp³-hybridized carbons (Fsp3) is 0. The van der Waals surface area contributed by atoms with E-state index in [9.17, 15) is 25.6 Å². The smallest absolute Gasteiger partial charge is 0.263 e. The van der Waals surface area contributed by atoms with E-state index in [2.05, 4.69) is 14.7 Å². The average molecular weight is 932 g/mol. The van der Waals surface area contributed by atoms with Crippen molar-refractivity contribution in [3.05, 3.63) is 151 Å². The van der Waals surface area contributed by atoms with Gasteiger partial charge in [0, 0.05) is 63.1 Å². The molecule has 0 atom stereocenters. The number of nitrogens with zero attached hydrogens (tertiary/aromatic N) is 2. The highest BCUT2D eigenvalue weighted by molar-refractivity contribution is 8.13. The van der Waals surface area contributed by atoms with Gasteiger partial charge < -0.3 is 15.2 Å². The number of pyridine rings is 2. The lowest BCUT2D eigenvalue weighted by Gasteiger charge is -2.11. The number of ether oxygens (including phenoxy) is 2. The highest BCUT2D eigenvalue weighted by Gasteiger charge is 2.19. The van der Waals surface area contributed by atoms with Crippen LogP contribution < -0.4 is 19.9 Å². The lowest BCUT2D eigenvalue weighted by molar-refractivity contribution is 0.441. The number of nitrogens with two attached hydrogens (primary N) is 1. The molecule has 6 aromatic rings. The molecule has 288 valence electrons. The maximum Gasteiger partial charge on any atom is 0.263 e. The minimum absolute atomic E-state index is 0.00455. The molecule has 0 aliphatic carbocycles. The first-order chi connectivity index (χ1) is 25.8. The first kappa shape index (κ1) is 43.9. The number of hydrogen-bond acceptors (Lipinski definition) is 9. The van der Waals surface area contributed by atoms with Gasteiger partial charge in [-0.2, -0.15) is 0 Å². The third kappa shape index (κ3) is 13.4. The van der Waals surface area contributed by atoms with Crippen LogP contribution in [-0.2, 0) is 19.1 Å². The highest BCUT2D eigenvalue weighted by atomic mass is 35.7. The van der Waals surface area contributed by atoms with Gasteiger partial charge in [0.15, 0.2) is 23.1 Å². The molecule has 3 N–H and O–H groups in total. The molecule has 0 saturated heterocycles. The Bertz CT molecular complexity index is 2560. The number of nitrogen functional groups attached to an aromatic ring is 1. The summed E-state index contributed by atoms with van der Waals surface area (Å²) in [5.41, 5.74) is 5.75. The number of benzene rings is 4. The number of sulfonamides is 1. The molecule has 6 rings (SSSR count). The van der Waals surface area contributed by atoms with Crippen molar-refractivity contribution in [3.63, 3.8) is 0 Å². The Labute approximate surface area is 348 Å². The Hall–Kier alpha value is -3.83. The molecule has 0 bridgehead atoms. The van der Waals surface area contributed by atoms with E-state index in [1.165, 1.54) is 91.5 Å². The van der Waals surface area contributed by atoms with E-state index in [4.69, 9.17) is 95.5 Å². The number of rotatable bonds is 8. The minimum atomic E-state index is -4.03. The zero-order valence-electron chi connectivity index (χ0n) is 27.0. The molecule has 0 saturated carbocycles. The average Bonchev–Trinajstić information content (AvgIpc) is 3.07. The van der Waals surface area contributed by atoms with E-state index >= 15 is 0 Å². The summed E-state index contributed by atoms with van der Waals surface area (Å²) in [6.45, 7) is 0. The molecule has 55 heavy (non-hydrogen) atoms. The van der Waals surface area contributed by atoms with Crippen LogP contribution >= 0.6 is 80.3 Å². The SMILES string of the molecule is Nc1ccc(Oc2cncc(Cl)c2)c(F)c1.O=S(=O)(Cl)c1ccc(Cl)cc1Cl.O=S(=O)(Nc1ccc(Oc2cncc(Cl)c2)c(F)c1)c1ccc(Cl)cc1Cl. The van der Waals surface area contributed by atoms with Crippen LogP contribution in [0.3, 0.4) is 0 Å². The minimum Gasteiger partial charge on any atom is -0.453 e. The number of anilines is 2. The molecular formula is C34H21Cl7F2N4O6S2. The van der Waals surface area contributed by atoms with Crippen LogP contribution in [0.4, 0.5) is 20.2 Å². The van der Waals surface area contributed by atoms with Crippen molar-refractivity contribution < 1.29 is 35.1 Å². The van der Waals surface area contributed by atoms with Crippen molar-refractivity contribution in [1.82, 2.24) is 9.97 Å². The molecule has 4 aromatic carbocycles. The molecule has 2 heterocycles. The molecule has 0 amide bonds. The van der Waals surface area contributed by atoms with Gasteiger partial charge in [-0.25, -0.2) is 25.6 Å². The predicted octanol–water partition coefficient (Wildman–Crippen LogP) is 11.9. The second-order valence-electron chi connectivity index (χ2n) is 10.4. The van der Waals surface area contributed by atoms with Crippen LogP contribution in [-0.4, -0.2) is 26.8 Å². The maximum atomic E-state index is 14.3. The third-order valence-electron chi connectivity index (χ3n) is 6.30. The van der Waals surface area contributed by atoms with Gasteiger partial charge in [-0.05, 0) is 60.7 Å². The van der Waals surface area contributed by atoms with Crippen molar-refractivity contribution in [1.29, 1.82) is 0 Å². The molecule has 21 heteroatoms. The van der Waals surface area contributed by atoms with Crippen LogP contribution in [0.5, 0.6) is 23.0 Å². The second-order valence-corrected chi connectivity index (χ2v) is 17.2. The number of nitrogens with one attached hydrogen (secondary N) is 1. The van der Waals surface area contributed by atoms with Crippen molar-refractivity contribution in [2.45, 2.75) is 9.79 Å². The van der Waals surface area contributed by atoms with Gasteiger partial charge in [0.25, 0.3) is 19.1 Å². The molecule has 0 aliphatic rings. The summed E-state index contributed by atoms with van der Waals surface area (Å²) in [7, 11) is -2.74. The quantitative estimate of drug-likeness (QED) is 0.112. The van der Waals surface area contributed by atoms with Crippen LogP contribution in [0.15, 0.2) is 120 Å². The third-order valence-corrected chi connectivity index (χ3v) is 10.8. The van der Waals surface area contributed by atoms with E-state index < -0.39 is 30.7 Å². The second kappa shape index (κ2) is 19.4. The van der Waals surface area contributed by atoms with E-state index in [0.717, 1.165) is 6.07 Å². The summed E-state index contributed by atoms with van der Waals surface area (Å²) in [6.07, 6.45) is 5.68. The van der Waals surface area contributed by atoms with Gasteiger partial charge in [-0.1, -0.05) is 69.6 Å². The fourth-order valence-corrected chi connectivity index (χ4v) is 7.88.